The lowest BCUT2D eigenvalue weighted by Gasteiger charge is -2.36. The Balaban J connectivity index is 2.14. The summed E-state index contributed by atoms with van der Waals surface area (Å²) < 4.78 is 5.16. The lowest BCUT2D eigenvalue weighted by atomic mass is 10.0. The maximum Gasteiger partial charge on any atom is 0.248 e. The largest absolute Gasteiger partial charge is 0.467 e. The zero-order valence-electron chi connectivity index (χ0n) is 9.32. The van der Waals surface area contributed by atoms with Crippen molar-refractivity contribution in [2.24, 2.45) is 0 Å². The molecular weight excluding hydrogens is 208 g/mol. The van der Waals surface area contributed by atoms with Crippen LogP contribution in [0.4, 0.5) is 0 Å². The summed E-state index contributed by atoms with van der Waals surface area (Å²) in [5.41, 5.74) is -0.831. The summed E-state index contributed by atoms with van der Waals surface area (Å²) in [7, 11) is 0. The van der Waals surface area contributed by atoms with E-state index in [9.17, 15) is 9.59 Å². The van der Waals surface area contributed by atoms with E-state index in [4.69, 9.17) is 4.42 Å². The second kappa shape index (κ2) is 3.66. The molecule has 0 radical (unpaired) electrons. The number of rotatable bonds is 2. The minimum absolute atomic E-state index is 0.0863. The van der Waals surface area contributed by atoms with Crippen LogP contribution in [0.3, 0.4) is 0 Å². The number of carbonyl (C=O) groups is 2. The maximum absolute atomic E-state index is 12.0. The summed E-state index contributed by atoms with van der Waals surface area (Å²) in [5, 5.41) is 2.65. The van der Waals surface area contributed by atoms with E-state index in [0.717, 1.165) is 0 Å². The molecule has 1 saturated heterocycles. The van der Waals surface area contributed by atoms with E-state index < -0.39 is 5.54 Å². The van der Waals surface area contributed by atoms with Crippen molar-refractivity contribution in [3.8, 4) is 0 Å². The highest BCUT2D eigenvalue weighted by Gasteiger charge is 2.39. The van der Waals surface area contributed by atoms with Crippen LogP contribution in [-0.4, -0.2) is 28.8 Å². The second-order valence-corrected chi connectivity index (χ2v) is 4.41. The molecule has 0 atom stereocenters. The van der Waals surface area contributed by atoms with E-state index in [-0.39, 0.29) is 18.4 Å². The van der Waals surface area contributed by atoms with Crippen molar-refractivity contribution >= 4 is 11.8 Å². The standard InChI is InChI=1S/C11H14N2O3/c1-11(2)10(15)13(7-9(14)12-11)6-8-4-3-5-16-8/h3-5H,6-7H2,1-2H3,(H,12,14). The molecule has 1 aliphatic heterocycles. The minimum atomic E-state index is -0.831. The second-order valence-electron chi connectivity index (χ2n) is 4.41. The molecule has 0 saturated carbocycles. The Morgan fingerprint density at radius 3 is 2.88 bits per heavy atom. The SMILES string of the molecule is CC1(C)NC(=O)CN(Cc2ccco2)C1=O. The van der Waals surface area contributed by atoms with Crippen LogP contribution in [0.5, 0.6) is 0 Å². The Hall–Kier alpha value is -1.78. The van der Waals surface area contributed by atoms with E-state index in [2.05, 4.69) is 5.32 Å². The minimum Gasteiger partial charge on any atom is -0.467 e. The first-order chi connectivity index (χ1) is 7.49. The van der Waals surface area contributed by atoms with Crippen LogP contribution in [0.15, 0.2) is 22.8 Å². The van der Waals surface area contributed by atoms with Crippen molar-refractivity contribution in [2.45, 2.75) is 25.9 Å². The van der Waals surface area contributed by atoms with Gasteiger partial charge in [0, 0.05) is 0 Å². The van der Waals surface area contributed by atoms with Crippen molar-refractivity contribution in [1.29, 1.82) is 0 Å². The van der Waals surface area contributed by atoms with E-state index in [1.54, 1.807) is 32.2 Å². The first-order valence-corrected chi connectivity index (χ1v) is 5.12. The molecule has 1 aliphatic rings. The summed E-state index contributed by atoms with van der Waals surface area (Å²) in [4.78, 5) is 24.9. The van der Waals surface area contributed by atoms with E-state index >= 15 is 0 Å². The van der Waals surface area contributed by atoms with Gasteiger partial charge in [0.25, 0.3) is 0 Å². The van der Waals surface area contributed by atoms with E-state index in [1.807, 2.05) is 0 Å². The number of amides is 2. The van der Waals surface area contributed by atoms with Gasteiger partial charge in [-0.05, 0) is 26.0 Å². The van der Waals surface area contributed by atoms with Crippen LogP contribution in [0.2, 0.25) is 0 Å². The number of nitrogens with zero attached hydrogens (tertiary/aromatic N) is 1. The molecule has 2 amide bonds. The smallest absolute Gasteiger partial charge is 0.248 e. The molecule has 5 nitrogen and oxygen atoms in total. The Bertz CT molecular complexity index is 409. The quantitative estimate of drug-likeness (QED) is 0.793. The highest BCUT2D eigenvalue weighted by atomic mass is 16.3. The Morgan fingerprint density at radius 1 is 1.50 bits per heavy atom. The van der Waals surface area contributed by atoms with Crippen molar-refractivity contribution in [3.63, 3.8) is 0 Å². The molecule has 0 aromatic carbocycles. The fraction of sp³-hybridized carbons (Fsp3) is 0.455. The first-order valence-electron chi connectivity index (χ1n) is 5.12. The zero-order valence-corrected chi connectivity index (χ0v) is 9.32. The van der Waals surface area contributed by atoms with Gasteiger partial charge in [-0.15, -0.1) is 0 Å². The summed E-state index contributed by atoms with van der Waals surface area (Å²) in [6.07, 6.45) is 1.55. The van der Waals surface area contributed by atoms with Gasteiger partial charge in [0.2, 0.25) is 11.8 Å². The molecule has 2 heterocycles. The molecule has 0 aliphatic carbocycles. The number of carbonyl (C=O) groups excluding carboxylic acids is 2. The normalized spacial score (nSPS) is 19.8. The molecule has 1 N–H and O–H groups in total. The van der Waals surface area contributed by atoms with Gasteiger partial charge in [-0.2, -0.15) is 0 Å². The van der Waals surface area contributed by atoms with Crippen LogP contribution >= 0.6 is 0 Å². The molecule has 0 bridgehead atoms. The van der Waals surface area contributed by atoms with Crippen molar-refractivity contribution < 1.29 is 14.0 Å². The molecule has 2 rings (SSSR count). The van der Waals surface area contributed by atoms with Gasteiger partial charge in [0.15, 0.2) is 0 Å². The predicted octanol–water partition coefficient (Wildman–Crippen LogP) is 0.517. The molecule has 16 heavy (non-hydrogen) atoms. The van der Waals surface area contributed by atoms with Crippen LogP contribution in [0, 0.1) is 0 Å². The molecule has 86 valence electrons. The lowest BCUT2D eigenvalue weighted by Crippen LogP contribution is -2.63. The Morgan fingerprint density at radius 2 is 2.25 bits per heavy atom. The fourth-order valence-electron chi connectivity index (χ4n) is 1.80. The molecule has 5 heteroatoms. The van der Waals surface area contributed by atoms with Gasteiger partial charge in [0.1, 0.15) is 17.8 Å². The monoisotopic (exact) mass is 222 g/mol. The van der Waals surface area contributed by atoms with E-state index in [1.165, 1.54) is 4.90 Å². The van der Waals surface area contributed by atoms with E-state index in [0.29, 0.717) is 12.3 Å². The summed E-state index contributed by atoms with van der Waals surface area (Å²) in [6.45, 7) is 3.81. The average molecular weight is 222 g/mol. The molecule has 1 fully saturated rings. The van der Waals surface area contributed by atoms with Crippen LogP contribution in [0.25, 0.3) is 0 Å². The molecule has 1 aromatic rings. The number of hydrogen-bond donors (Lipinski definition) is 1. The fourth-order valence-corrected chi connectivity index (χ4v) is 1.80. The molecule has 1 aromatic heterocycles. The third kappa shape index (κ3) is 1.93. The Labute approximate surface area is 93.4 Å². The molecular formula is C11H14N2O3. The van der Waals surface area contributed by atoms with Gasteiger partial charge in [-0.25, -0.2) is 0 Å². The highest BCUT2D eigenvalue weighted by molar-refractivity contribution is 5.97. The van der Waals surface area contributed by atoms with Gasteiger partial charge in [-0.1, -0.05) is 0 Å². The predicted molar refractivity (Wildman–Crippen MR) is 56.3 cm³/mol. The van der Waals surface area contributed by atoms with Gasteiger partial charge in [0.05, 0.1) is 12.8 Å². The third-order valence-corrected chi connectivity index (χ3v) is 2.54. The number of furan rings is 1. The van der Waals surface area contributed by atoms with Crippen molar-refractivity contribution in [1.82, 2.24) is 10.2 Å². The Kier molecular flexibility index (Phi) is 2.46. The van der Waals surface area contributed by atoms with Gasteiger partial charge >= 0.3 is 0 Å². The summed E-state index contributed by atoms with van der Waals surface area (Å²) in [5.74, 6) is 0.443. The van der Waals surface area contributed by atoms with Crippen molar-refractivity contribution in [3.05, 3.63) is 24.2 Å². The van der Waals surface area contributed by atoms with Crippen molar-refractivity contribution in [2.75, 3.05) is 6.54 Å². The number of nitrogens with one attached hydrogen (secondary N) is 1. The third-order valence-electron chi connectivity index (χ3n) is 2.54. The zero-order chi connectivity index (χ0) is 11.8. The first kappa shape index (κ1) is 10.7. The van der Waals surface area contributed by atoms with Crippen LogP contribution in [-0.2, 0) is 16.1 Å². The van der Waals surface area contributed by atoms with Crippen LogP contribution in [0.1, 0.15) is 19.6 Å². The summed E-state index contributed by atoms with van der Waals surface area (Å²) in [6, 6.07) is 3.54. The number of hydrogen-bond acceptors (Lipinski definition) is 3. The average Bonchev–Trinajstić information content (AvgIpc) is 2.65. The van der Waals surface area contributed by atoms with Gasteiger partial charge in [-0.3, -0.25) is 9.59 Å². The molecule has 0 unspecified atom stereocenters. The molecule has 0 spiro atoms. The number of piperazine rings is 1. The lowest BCUT2D eigenvalue weighted by molar-refractivity contribution is -0.149. The van der Waals surface area contributed by atoms with Crippen LogP contribution < -0.4 is 5.32 Å². The highest BCUT2D eigenvalue weighted by Crippen LogP contribution is 2.16. The van der Waals surface area contributed by atoms with Gasteiger partial charge < -0.3 is 14.6 Å². The summed E-state index contributed by atoms with van der Waals surface area (Å²) >= 11 is 0. The maximum atomic E-state index is 12.0. The topological polar surface area (TPSA) is 62.6 Å².